The molecule has 0 spiro atoms. The van der Waals surface area contributed by atoms with Crippen molar-refractivity contribution in [2.75, 3.05) is 31.2 Å². The quantitative estimate of drug-likeness (QED) is 0.0673. The number of carbonyl (C=O) groups excluding carboxylic acids is 3. The Bertz CT molecular complexity index is 1570. The summed E-state index contributed by atoms with van der Waals surface area (Å²) < 4.78 is 7.93. The third-order valence-corrected chi connectivity index (χ3v) is 8.58. The highest BCUT2D eigenvalue weighted by Gasteiger charge is 2.53. The lowest BCUT2D eigenvalue weighted by Gasteiger charge is -2.50. The van der Waals surface area contributed by atoms with Crippen LogP contribution in [0.1, 0.15) is 26.1 Å². The van der Waals surface area contributed by atoms with Gasteiger partial charge in [-0.25, -0.2) is 4.57 Å². The molecule has 1 fully saturated rings. The molecular weight excluding hydrogens is 584 g/mol. The standard InChI is InChI=1S/C25H30N10O5S2/c1-3-27-8-6-10-34-13-28-20-15(34)7-5-9-33(20)11-14-12-41-23-17(22(37)35(23)18(14)24(38)39)29-21(36)16(31-40-4-2)19-30-25(26)42-32-19/h5,7,9,13,17,23,27H,3-4,6,8,10-12H2,1-2H3,(H3-,26,29,30,32,36,38,39)/b31-16+. The number of hydrogen-bond acceptors (Lipinski definition) is 13. The number of rotatable bonds is 13. The minimum Gasteiger partial charge on any atom is -0.543 e. The number of nitrogens with two attached hydrogens (primary N) is 1. The highest BCUT2D eigenvalue weighted by molar-refractivity contribution is 8.00. The fourth-order valence-electron chi connectivity index (χ4n) is 4.79. The van der Waals surface area contributed by atoms with Crippen LogP contribution in [-0.4, -0.2) is 84.2 Å². The summed E-state index contributed by atoms with van der Waals surface area (Å²) in [5.41, 5.74) is 7.35. The molecule has 2 amide bonds. The van der Waals surface area contributed by atoms with Gasteiger partial charge in [-0.05, 0) is 43.6 Å². The number of imidazole rings is 1. The molecule has 5 heterocycles. The maximum Gasteiger partial charge on any atom is 0.349 e. The van der Waals surface area contributed by atoms with E-state index in [1.807, 2.05) is 22.9 Å². The van der Waals surface area contributed by atoms with Crippen molar-refractivity contribution >= 4 is 63.1 Å². The van der Waals surface area contributed by atoms with Gasteiger partial charge in [0, 0.05) is 29.4 Å². The summed E-state index contributed by atoms with van der Waals surface area (Å²) >= 11 is 2.23. The molecular formula is C25H30N10O5S2. The molecule has 3 aromatic rings. The molecule has 0 aromatic carbocycles. The smallest absolute Gasteiger partial charge is 0.349 e. The molecule has 42 heavy (non-hydrogen) atoms. The summed E-state index contributed by atoms with van der Waals surface area (Å²) in [7, 11) is 0. The van der Waals surface area contributed by atoms with Gasteiger partial charge < -0.3 is 35.7 Å². The average Bonchev–Trinajstić information content (AvgIpc) is 3.60. The Labute approximate surface area is 249 Å². The number of aryl methyl sites for hydroxylation is 1. The Morgan fingerprint density at radius 3 is 2.90 bits per heavy atom. The van der Waals surface area contributed by atoms with Crippen LogP contribution in [0.2, 0.25) is 0 Å². The van der Waals surface area contributed by atoms with E-state index in [2.05, 4.69) is 41.6 Å². The number of pyridine rings is 1. The van der Waals surface area contributed by atoms with E-state index in [0.717, 1.165) is 43.1 Å². The van der Waals surface area contributed by atoms with Crippen LogP contribution < -0.4 is 26.0 Å². The van der Waals surface area contributed by atoms with Crippen LogP contribution in [0.5, 0.6) is 0 Å². The number of amides is 2. The Kier molecular flexibility index (Phi) is 8.98. The third-order valence-electron chi connectivity index (χ3n) is 6.69. The minimum absolute atomic E-state index is 0.0350. The molecule has 2 atom stereocenters. The van der Waals surface area contributed by atoms with Gasteiger partial charge in [0.25, 0.3) is 11.8 Å². The lowest BCUT2D eigenvalue weighted by atomic mass is 10.0. The van der Waals surface area contributed by atoms with Crippen molar-refractivity contribution in [3.63, 3.8) is 0 Å². The Morgan fingerprint density at radius 1 is 1.36 bits per heavy atom. The van der Waals surface area contributed by atoms with Gasteiger partial charge in [0.15, 0.2) is 5.13 Å². The molecule has 15 nitrogen and oxygen atoms in total. The molecule has 2 aliphatic rings. The predicted molar refractivity (Wildman–Crippen MR) is 153 cm³/mol. The second-order valence-corrected chi connectivity index (χ2v) is 11.3. The number of nitrogen functional groups attached to an aromatic ring is 1. The van der Waals surface area contributed by atoms with Gasteiger partial charge in [-0.1, -0.05) is 12.1 Å². The van der Waals surface area contributed by atoms with E-state index in [1.54, 1.807) is 13.3 Å². The lowest BCUT2D eigenvalue weighted by molar-refractivity contribution is -0.664. The van der Waals surface area contributed by atoms with Crippen LogP contribution in [0.4, 0.5) is 5.13 Å². The molecule has 0 saturated carbocycles. The van der Waals surface area contributed by atoms with E-state index >= 15 is 0 Å². The zero-order valence-corrected chi connectivity index (χ0v) is 24.6. The number of anilines is 1. The van der Waals surface area contributed by atoms with E-state index < -0.39 is 29.2 Å². The highest BCUT2D eigenvalue weighted by atomic mass is 32.2. The number of thioether (sulfide) groups is 1. The molecule has 3 aromatic heterocycles. The number of hydrogen-bond donors (Lipinski definition) is 3. The van der Waals surface area contributed by atoms with Crippen molar-refractivity contribution < 1.29 is 28.9 Å². The number of carboxylic acids is 1. The largest absolute Gasteiger partial charge is 0.543 e. The number of nitrogens with zero attached hydrogens (tertiary/aromatic N) is 7. The SMILES string of the molecule is CCNCCCn1cnc2c1ccc[n+]2CC1=C(C(=O)[O-])N2C(=O)C(NC(=O)/C(=N/OCC)c3nsc(N)n3)C2SC1. The minimum atomic E-state index is -1.46. The maximum absolute atomic E-state index is 13.2. The van der Waals surface area contributed by atoms with Crippen LogP contribution in [0, 0.1) is 0 Å². The topological polar surface area (TPSA) is 197 Å². The summed E-state index contributed by atoms with van der Waals surface area (Å²) in [5.74, 6) is -2.51. The van der Waals surface area contributed by atoms with Crippen LogP contribution in [-0.2, 0) is 32.3 Å². The Morgan fingerprint density at radius 2 is 2.19 bits per heavy atom. The first kappa shape index (κ1) is 29.4. The molecule has 2 unspecified atom stereocenters. The number of nitrogens with one attached hydrogen (secondary N) is 2. The molecule has 222 valence electrons. The number of oxime groups is 1. The molecule has 17 heteroatoms. The summed E-state index contributed by atoms with van der Waals surface area (Å²) in [6, 6.07) is 2.86. The van der Waals surface area contributed by atoms with Crippen LogP contribution in [0.25, 0.3) is 11.2 Å². The second kappa shape index (κ2) is 12.8. The number of aliphatic carboxylic acids is 1. The molecule has 5 rings (SSSR count). The van der Waals surface area contributed by atoms with Crippen molar-refractivity contribution in [1.82, 2.24) is 34.4 Å². The van der Waals surface area contributed by atoms with Crippen LogP contribution in [0.3, 0.4) is 0 Å². The van der Waals surface area contributed by atoms with Gasteiger partial charge in [0.1, 0.15) is 30.1 Å². The van der Waals surface area contributed by atoms with Crippen molar-refractivity contribution in [3.8, 4) is 0 Å². The van der Waals surface area contributed by atoms with E-state index in [-0.39, 0.29) is 35.5 Å². The summed E-state index contributed by atoms with van der Waals surface area (Å²) in [4.78, 5) is 53.3. The number of aromatic nitrogens is 5. The van der Waals surface area contributed by atoms with Crippen LogP contribution in [0.15, 0.2) is 41.1 Å². The van der Waals surface area contributed by atoms with Gasteiger partial charge >= 0.3 is 5.65 Å². The zero-order chi connectivity index (χ0) is 29.8. The third kappa shape index (κ3) is 5.79. The van der Waals surface area contributed by atoms with Gasteiger partial charge in [-0.2, -0.15) is 9.36 Å². The lowest BCUT2D eigenvalue weighted by Crippen LogP contribution is -2.71. The van der Waals surface area contributed by atoms with E-state index in [4.69, 9.17) is 10.6 Å². The fraction of sp³-hybridized carbons (Fsp3) is 0.440. The molecule has 0 bridgehead atoms. The monoisotopic (exact) mass is 614 g/mol. The van der Waals surface area contributed by atoms with Crippen molar-refractivity contribution in [3.05, 3.63) is 41.8 Å². The Hall–Kier alpha value is -4.09. The first-order chi connectivity index (χ1) is 20.3. The maximum atomic E-state index is 13.2. The Balaban J connectivity index is 1.34. The first-order valence-electron chi connectivity index (χ1n) is 13.4. The number of carbonyl (C=O) groups is 3. The van der Waals surface area contributed by atoms with Crippen molar-refractivity contribution in [2.45, 2.75) is 44.8 Å². The summed E-state index contributed by atoms with van der Waals surface area (Å²) in [5, 5.41) is 21.5. The van der Waals surface area contributed by atoms with E-state index in [0.29, 0.717) is 17.0 Å². The predicted octanol–water partition coefficient (Wildman–Crippen LogP) is -1.40. The molecule has 0 aliphatic carbocycles. The first-order valence-corrected chi connectivity index (χ1v) is 15.2. The summed E-state index contributed by atoms with van der Waals surface area (Å²) in [6.07, 6.45) is 4.54. The number of β-lactam (4-membered cyclic amide) rings is 1. The molecule has 2 aliphatic heterocycles. The van der Waals surface area contributed by atoms with Gasteiger partial charge in [-0.15, -0.1) is 11.8 Å². The van der Waals surface area contributed by atoms with E-state index in [1.165, 1.54) is 16.7 Å². The van der Waals surface area contributed by atoms with Gasteiger partial charge in [-0.3, -0.25) is 14.5 Å². The van der Waals surface area contributed by atoms with Gasteiger partial charge in [0.2, 0.25) is 17.9 Å². The summed E-state index contributed by atoms with van der Waals surface area (Å²) in [6.45, 7) is 6.74. The average molecular weight is 615 g/mol. The van der Waals surface area contributed by atoms with Crippen molar-refractivity contribution in [1.29, 1.82) is 0 Å². The normalized spacial score (nSPS) is 18.7. The number of fused-ring (bicyclic) bond motifs is 2. The van der Waals surface area contributed by atoms with E-state index in [9.17, 15) is 19.5 Å². The zero-order valence-electron chi connectivity index (χ0n) is 23.0. The number of carboxylic acid groups (broad SMARTS) is 1. The fourth-order valence-corrected chi connectivity index (χ4v) is 6.56. The second-order valence-electron chi connectivity index (χ2n) is 9.40. The highest BCUT2D eigenvalue weighted by Crippen LogP contribution is 2.40. The van der Waals surface area contributed by atoms with Crippen molar-refractivity contribution in [2.24, 2.45) is 5.16 Å². The molecule has 0 radical (unpaired) electrons. The molecule has 1 saturated heterocycles. The van der Waals surface area contributed by atoms with Gasteiger partial charge in [0.05, 0.1) is 17.9 Å². The van der Waals surface area contributed by atoms with Crippen LogP contribution >= 0.6 is 23.3 Å². The molecule has 4 N–H and O–H groups in total.